The van der Waals surface area contributed by atoms with Crippen LogP contribution >= 0.6 is 12.6 Å². The van der Waals surface area contributed by atoms with Gasteiger partial charge in [0.15, 0.2) is 0 Å². The molecule has 2 unspecified atom stereocenters. The monoisotopic (exact) mass is 458 g/mol. The maximum Gasteiger partial charge on any atom is 0.242 e. The van der Waals surface area contributed by atoms with E-state index in [9.17, 15) is 9.59 Å². The van der Waals surface area contributed by atoms with E-state index in [-0.39, 0.29) is 17.7 Å². The third kappa shape index (κ3) is 6.50. The number of rotatable bonds is 11. The summed E-state index contributed by atoms with van der Waals surface area (Å²) < 4.78 is 9.81. The molecule has 2 rings (SSSR count). The molecular weight excluding hydrogens is 424 g/mol. The Hall–Kier alpha value is -2.51. The van der Waals surface area contributed by atoms with Gasteiger partial charge >= 0.3 is 0 Å². The predicted octanol–water partition coefficient (Wildman–Crippen LogP) is 3.57. The van der Waals surface area contributed by atoms with Crippen LogP contribution in [0.5, 0.6) is 5.75 Å². The summed E-state index contributed by atoms with van der Waals surface area (Å²) in [6.07, 6.45) is 0.225. The molecule has 2 N–H and O–H groups in total. The van der Waals surface area contributed by atoms with Crippen molar-refractivity contribution in [3.63, 3.8) is 0 Å². The van der Waals surface area contributed by atoms with Gasteiger partial charge in [-0.2, -0.15) is 12.6 Å². The van der Waals surface area contributed by atoms with Crippen LogP contribution in [0.4, 0.5) is 0 Å². The Kier molecular flexibility index (Phi) is 9.60. The van der Waals surface area contributed by atoms with Crippen LogP contribution in [0.25, 0.3) is 0 Å². The maximum absolute atomic E-state index is 13.6. The summed E-state index contributed by atoms with van der Waals surface area (Å²) in [5, 5.41) is 5.58. The van der Waals surface area contributed by atoms with E-state index < -0.39 is 16.9 Å². The Bertz CT molecular complexity index is 873. The lowest BCUT2D eigenvalue weighted by Crippen LogP contribution is -2.55. The Morgan fingerprint density at radius 3 is 2.16 bits per heavy atom. The van der Waals surface area contributed by atoms with Crippen LogP contribution in [-0.4, -0.2) is 43.9 Å². The lowest BCUT2D eigenvalue weighted by atomic mass is 9.86. The normalized spacial score (nSPS) is 14.8. The molecule has 2 amide bonds. The molecule has 0 aliphatic carbocycles. The van der Waals surface area contributed by atoms with Crippen LogP contribution in [0.2, 0.25) is 0 Å². The van der Waals surface area contributed by atoms with Crippen molar-refractivity contribution in [2.75, 3.05) is 21.3 Å². The minimum Gasteiger partial charge on any atom is -0.497 e. The highest BCUT2D eigenvalue weighted by atomic mass is 32.1. The fourth-order valence-corrected chi connectivity index (χ4v) is 4.52. The molecule has 2 aromatic rings. The molecule has 0 aromatic heterocycles. The fraction of sp³-hybridized carbons (Fsp3) is 0.440. The molecule has 2 aromatic carbocycles. The Morgan fingerprint density at radius 2 is 1.66 bits per heavy atom. The first-order valence-corrected chi connectivity index (χ1v) is 11.2. The van der Waals surface area contributed by atoms with Crippen LogP contribution in [-0.2, 0) is 20.7 Å². The first-order valence-electron chi connectivity index (χ1n) is 10.7. The molecule has 0 bridgehead atoms. The van der Waals surface area contributed by atoms with E-state index >= 15 is 0 Å². The lowest BCUT2D eigenvalue weighted by molar-refractivity contribution is -0.132. The highest BCUT2D eigenvalue weighted by Crippen LogP contribution is 2.40. The molecule has 0 fully saturated rings. The number of thiol groups is 1. The number of nitrogens with one attached hydrogen (secondary N) is 2. The van der Waals surface area contributed by atoms with E-state index in [1.54, 1.807) is 21.3 Å². The van der Waals surface area contributed by atoms with Crippen LogP contribution in [0.15, 0.2) is 54.6 Å². The number of likely N-dealkylation sites (N-methyl/N-ethyl adjacent to an activating group) is 1. The number of carbonyl (C=O) groups excluding carboxylic acids is 2. The highest BCUT2D eigenvalue weighted by molar-refractivity contribution is 7.82. The molecule has 7 heteroatoms. The average Bonchev–Trinajstić information content (AvgIpc) is 2.79. The summed E-state index contributed by atoms with van der Waals surface area (Å²) >= 11 is 4.88. The Balaban J connectivity index is 2.33. The highest BCUT2D eigenvalue weighted by Gasteiger charge is 2.45. The summed E-state index contributed by atoms with van der Waals surface area (Å²) in [5.41, 5.74) is 1.76. The number of hydrogen-bond acceptors (Lipinski definition) is 5. The van der Waals surface area contributed by atoms with Crippen LogP contribution in [0, 0.1) is 5.92 Å². The van der Waals surface area contributed by atoms with Gasteiger partial charge in [0, 0.05) is 20.6 Å². The predicted molar refractivity (Wildman–Crippen MR) is 130 cm³/mol. The molecule has 0 aliphatic heterocycles. The third-order valence-corrected chi connectivity index (χ3v) is 5.97. The van der Waals surface area contributed by atoms with E-state index in [0.717, 1.165) is 16.9 Å². The zero-order valence-corrected chi connectivity index (χ0v) is 20.3. The number of amides is 2. The molecule has 0 spiro atoms. The molecule has 0 radical (unpaired) electrons. The van der Waals surface area contributed by atoms with Crippen molar-refractivity contribution in [2.24, 2.45) is 5.92 Å². The summed E-state index contributed by atoms with van der Waals surface area (Å²) in [5.74, 6) is 0.293. The standard InChI is InChI=1S/C25H34N2O4S/c1-17(2)16-25(32,22(31-5)19-9-7-6-8-10-19)24(29)27-21(23(28)26-3)15-18-11-13-20(30-4)14-12-18/h6-14,17,21-22,32H,15-16H2,1-5H3,(H,26,28)(H,27,29)/t21-,22?,25?/m0/s1. The van der Waals surface area contributed by atoms with E-state index in [4.69, 9.17) is 22.1 Å². The van der Waals surface area contributed by atoms with Gasteiger partial charge in [0.05, 0.1) is 7.11 Å². The second kappa shape index (κ2) is 11.9. The number of benzene rings is 2. The fourth-order valence-electron chi connectivity index (χ4n) is 3.84. The van der Waals surface area contributed by atoms with Crippen molar-refractivity contribution in [1.29, 1.82) is 0 Å². The van der Waals surface area contributed by atoms with Crippen molar-refractivity contribution < 1.29 is 19.1 Å². The van der Waals surface area contributed by atoms with Gasteiger partial charge in [0.2, 0.25) is 11.8 Å². The first-order chi connectivity index (χ1) is 15.2. The summed E-state index contributed by atoms with van der Waals surface area (Å²) in [4.78, 5) is 26.3. The minimum absolute atomic E-state index is 0.180. The number of hydrogen-bond donors (Lipinski definition) is 3. The number of ether oxygens (including phenoxy) is 2. The zero-order chi connectivity index (χ0) is 23.7. The second-order valence-corrected chi connectivity index (χ2v) is 9.04. The van der Waals surface area contributed by atoms with Crippen molar-refractivity contribution in [2.45, 2.75) is 43.6 Å². The SMILES string of the molecule is CNC(=O)[C@H](Cc1ccc(OC)cc1)NC(=O)C(S)(CC(C)C)C(OC)c1ccccc1. The van der Waals surface area contributed by atoms with E-state index in [1.807, 2.05) is 68.4 Å². The second-order valence-electron chi connectivity index (χ2n) is 8.24. The van der Waals surface area contributed by atoms with Crippen LogP contribution in [0.3, 0.4) is 0 Å². The number of methoxy groups -OCH3 is 2. The largest absolute Gasteiger partial charge is 0.497 e. The number of carbonyl (C=O) groups is 2. The van der Waals surface area contributed by atoms with Crippen molar-refractivity contribution in [3.8, 4) is 5.75 Å². The minimum atomic E-state index is -1.17. The van der Waals surface area contributed by atoms with E-state index in [0.29, 0.717) is 12.8 Å². The van der Waals surface area contributed by atoms with Crippen molar-refractivity contribution >= 4 is 24.4 Å². The van der Waals surface area contributed by atoms with Gasteiger partial charge in [0.1, 0.15) is 22.6 Å². The van der Waals surface area contributed by atoms with Crippen molar-refractivity contribution in [1.82, 2.24) is 10.6 Å². The van der Waals surface area contributed by atoms with E-state index in [2.05, 4.69) is 10.6 Å². The van der Waals surface area contributed by atoms with Crippen LogP contribution < -0.4 is 15.4 Å². The average molecular weight is 459 g/mol. The summed E-state index contributed by atoms with van der Waals surface area (Å²) in [6.45, 7) is 4.06. The first kappa shape index (κ1) is 25.7. The molecular formula is C25H34N2O4S. The smallest absolute Gasteiger partial charge is 0.242 e. The van der Waals surface area contributed by atoms with E-state index in [1.165, 1.54) is 0 Å². The van der Waals surface area contributed by atoms with Gasteiger partial charge in [-0.05, 0) is 35.6 Å². The maximum atomic E-state index is 13.6. The molecule has 0 aliphatic rings. The third-order valence-electron chi connectivity index (χ3n) is 5.35. The Morgan fingerprint density at radius 1 is 1.03 bits per heavy atom. The Labute approximate surface area is 196 Å². The summed E-state index contributed by atoms with van der Waals surface area (Å²) in [7, 11) is 4.73. The molecule has 0 saturated heterocycles. The molecule has 0 saturated carbocycles. The topological polar surface area (TPSA) is 76.7 Å². The molecule has 3 atom stereocenters. The van der Waals surface area contributed by atoms with Gasteiger partial charge in [-0.1, -0.05) is 56.3 Å². The van der Waals surface area contributed by atoms with Gasteiger partial charge in [-0.3, -0.25) is 9.59 Å². The summed E-state index contributed by atoms with van der Waals surface area (Å²) in [6, 6.07) is 16.2. The zero-order valence-electron chi connectivity index (χ0n) is 19.4. The van der Waals surface area contributed by atoms with Crippen LogP contribution in [0.1, 0.15) is 37.5 Å². The van der Waals surface area contributed by atoms with Crippen molar-refractivity contribution in [3.05, 3.63) is 65.7 Å². The molecule has 174 valence electrons. The molecule has 32 heavy (non-hydrogen) atoms. The van der Waals surface area contributed by atoms with Gasteiger partial charge < -0.3 is 20.1 Å². The lowest BCUT2D eigenvalue weighted by Gasteiger charge is -2.37. The molecule has 6 nitrogen and oxygen atoms in total. The quantitative estimate of drug-likeness (QED) is 0.450. The molecule has 0 heterocycles. The van der Waals surface area contributed by atoms with Gasteiger partial charge in [-0.25, -0.2) is 0 Å². The van der Waals surface area contributed by atoms with Gasteiger partial charge in [-0.15, -0.1) is 0 Å². The van der Waals surface area contributed by atoms with Gasteiger partial charge in [0.25, 0.3) is 0 Å².